The van der Waals surface area contributed by atoms with Crippen LogP contribution >= 0.6 is 11.6 Å². The van der Waals surface area contributed by atoms with Gasteiger partial charge in [-0.15, -0.1) is 0 Å². The van der Waals surface area contributed by atoms with Crippen molar-refractivity contribution < 1.29 is 19.1 Å². The molecule has 2 N–H and O–H groups in total. The molecule has 7 heteroatoms. The van der Waals surface area contributed by atoms with E-state index in [4.69, 9.17) is 21.1 Å². The van der Waals surface area contributed by atoms with Crippen LogP contribution in [0, 0.1) is 11.8 Å². The maximum absolute atomic E-state index is 12.1. The first-order chi connectivity index (χ1) is 25.9. The Morgan fingerprint density at radius 1 is 0.585 bits per heavy atom. The highest BCUT2D eigenvalue weighted by Gasteiger charge is 2.19. The van der Waals surface area contributed by atoms with Gasteiger partial charge < -0.3 is 20.1 Å². The summed E-state index contributed by atoms with van der Waals surface area (Å²) in [5, 5.41) is 7.80. The molecule has 0 saturated heterocycles. The minimum atomic E-state index is -0.271. The SMILES string of the molecule is CCOC(=O)c1ccc(CC2CCCCC2)c(NCc2cccc(Cl)c2)c1.CCOC(=O)c1ccc(CC2CCCCC2)c(NCc2ccccc2)c1. The monoisotopic (exact) mass is 736 g/mol. The molecule has 6 rings (SSSR count). The molecule has 4 aromatic rings. The van der Waals surface area contributed by atoms with Crippen molar-refractivity contribution in [2.45, 2.75) is 104 Å². The van der Waals surface area contributed by atoms with Crippen molar-refractivity contribution in [3.05, 3.63) is 129 Å². The van der Waals surface area contributed by atoms with Gasteiger partial charge in [0.1, 0.15) is 0 Å². The first-order valence-corrected chi connectivity index (χ1v) is 20.2. The maximum Gasteiger partial charge on any atom is 0.338 e. The molecule has 2 saturated carbocycles. The average Bonchev–Trinajstić information content (AvgIpc) is 3.19. The van der Waals surface area contributed by atoms with Crippen molar-refractivity contribution in [2.24, 2.45) is 11.8 Å². The molecule has 53 heavy (non-hydrogen) atoms. The number of rotatable bonds is 14. The molecule has 0 bridgehead atoms. The second-order valence-electron chi connectivity index (χ2n) is 14.4. The van der Waals surface area contributed by atoms with Crippen LogP contribution in [0.15, 0.2) is 91.0 Å². The van der Waals surface area contributed by atoms with Gasteiger partial charge in [-0.3, -0.25) is 0 Å². The van der Waals surface area contributed by atoms with Crippen LogP contribution in [0.2, 0.25) is 5.02 Å². The molecule has 6 nitrogen and oxygen atoms in total. The lowest BCUT2D eigenvalue weighted by molar-refractivity contribution is 0.0517. The number of halogens is 1. The van der Waals surface area contributed by atoms with E-state index in [0.29, 0.717) is 30.9 Å². The highest BCUT2D eigenvalue weighted by Crippen LogP contribution is 2.32. The number of hydrogen-bond donors (Lipinski definition) is 2. The lowest BCUT2D eigenvalue weighted by atomic mass is 9.84. The van der Waals surface area contributed by atoms with Crippen LogP contribution < -0.4 is 10.6 Å². The summed E-state index contributed by atoms with van der Waals surface area (Å²) in [6.45, 7) is 5.87. The molecule has 0 unspecified atom stereocenters. The van der Waals surface area contributed by atoms with Crippen molar-refractivity contribution in [2.75, 3.05) is 23.8 Å². The van der Waals surface area contributed by atoms with Gasteiger partial charge in [0, 0.05) is 29.5 Å². The first-order valence-electron chi connectivity index (χ1n) is 19.8. The van der Waals surface area contributed by atoms with E-state index in [1.54, 1.807) is 0 Å². The smallest absolute Gasteiger partial charge is 0.338 e. The van der Waals surface area contributed by atoms with Crippen molar-refractivity contribution >= 4 is 34.9 Å². The Hall–Kier alpha value is -4.29. The number of hydrogen-bond acceptors (Lipinski definition) is 6. The Bertz CT molecular complexity index is 1730. The summed E-state index contributed by atoms with van der Waals surface area (Å²) >= 11 is 6.10. The van der Waals surface area contributed by atoms with Crippen LogP contribution in [0.25, 0.3) is 0 Å². The van der Waals surface area contributed by atoms with Gasteiger partial charge in [-0.1, -0.05) is 130 Å². The number of carbonyl (C=O) groups excluding carboxylic acids is 2. The molecule has 2 aliphatic carbocycles. The molecule has 4 aromatic carbocycles. The fourth-order valence-corrected chi connectivity index (χ4v) is 7.78. The third-order valence-electron chi connectivity index (χ3n) is 10.4. The van der Waals surface area contributed by atoms with Crippen LogP contribution in [-0.4, -0.2) is 25.2 Å². The van der Waals surface area contributed by atoms with Crippen LogP contribution in [0.1, 0.15) is 121 Å². The van der Waals surface area contributed by atoms with E-state index in [1.807, 2.05) is 62.4 Å². The second kappa shape index (κ2) is 21.4. The Morgan fingerprint density at radius 3 is 1.53 bits per heavy atom. The molecular formula is C46H57ClN2O4. The quantitative estimate of drug-likeness (QED) is 0.126. The zero-order valence-electron chi connectivity index (χ0n) is 31.6. The molecular weight excluding hydrogens is 680 g/mol. The standard InChI is InChI=1S/C23H28ClNO2.C23H29NO2/c1-2-27-23(26)20-12-11-19(13-17-7-4-3-5-8-17)22(15-20)25-16-18-9-6-10-21(24)14-18;1-2-26-23(25)21-14-13-20(15-18-9-5-3-6-10-18)22(16-21)24-17-19-11-7-4-8-12-19/h6,9-12,14-15,17,25H,2-5,7-8,13,16H2,1H3;4,7-8,11-14,16,18,24H,2-3,5-6,9-10,15,17H2,1H3. The topological polar surface area (TPSA) is 76.7 Å². The van der Waals surface area contributed by atoms with E-state index in [-0.39, 0.29) is 11.9 Å². The molecule has 2 aliphatic rings. The Morgan fingerprint density at radius 2 is 1.06 bits per heavy atom. The van der Waals surface area contributed by atoms with Crippen molar-refractivity contribution in [1.82, 2.24) is 0 Å². The number of esters is 2. The van der Waals surface area contributed by atoms with Crippen molar-refractivity contribution in [1.29, 1.82) is 0 Å². The fourth-order valence-electron chi connectivity index (χ4n) is 7.56. The van der Waals surface area contributed by atoms with Gasteiger partial charge in [0.2, 0.25) is 0 Å². The Labute approximate surface area is 322 Å². The molecule has 0 aliphatic heterocycles. The molecule has 0 aromatic heterocycles. The largest absolute Gasteiger partial charge is 0.462 e. The summed E-state index contributed by atoms with van der Waals surface area (Å²) in [5.41, 5.74) is 8.23. The van der Waals surface area contributed by atoms with Crippen LogP contribution in [0.4, 0.5) is 11.4 Å². The van der Waals surface area contributed by atoms with E-state index >= 15 is 0 Å². The fraction of sp³-hybridized carbons (Fsp3) is 0.435. The van der Waals surface area contributed by atoms with Gasteiger partial charge in [0.15, 0.2) is 0 Å². The number of benzene rings is 4. The predicted octanol–water partition coefficient (Wildman–Crippen LogP) is 11.8. The number of carbonyl (C=O) groups is 2. The lowest BCUT2D eigenvalue weighted by Gasteiger charge is -2.23. The summed E-state index contributed by atoms with van der Waals surface area (Å²) < 4.78 is 10.3. The molecule has 0 spiro atoms. The normalized spacial score (nSPS) is 14.8. The number of nitrogens with one attached hydrogen (secondary N) is 2. The van der Waals surface area contributed by atoms with Crippen molar-refractivity contribution in [3.8, 4) is 0 Å². The summed E-state index contributed by atoms with van der Waals surface area (Å²) in [6, 6.07) is 30.1. The van der Waals surface area contributed by atoms with E-state index in [1.165, 1.54) is 80.9 Å². The summed E-state index contributed by atoms with van der Waals surface area (Å²) in [7, 11) is 0. The average molecular weight is 737 g/mol. The van der Waals surface area contributed by atoms with Gasteiger partial charge in [-0.25, -0.2) is 9.59 Å². The Balaban J connectivity index is 0.000000204. The number of anilines is 2. The summed E-state index contributed by atoms with van der Waals surface area (Å²) in [5.74, 6) is 0.973. The van der Waals surface area contributed by atoms with E-state index in [9.17, 15) is 9.59 Å². The van der Waals surface area contributed by atoms with Crippen molar-refractivity contribution in [3.63, 3.8) is 0 Å². The van der Waals surface area contributed by atoms with E-state index in [0.717, 1.165) is 53.2 Å². The van der Waals surface area contributed by atoms with Crippen LogP contribution in [0.3, 0.4) is 0 Å². The highest BCUT2D eigenvalue weighted by atomic mass is 35.5. The van der Waals surface area contributed by atoms with Gasteiger partial charge in [-0.2, -0.15) is 0 Å². The molecule has 282 valence electrons. The first kappa shape index (κ1) is 39.9. The maximum atomic E-state index is 12.1. The molecule has 2 fully saturated rings. The zero-order valence-corrected chi connectivity index (χ0v) is 32.4. The minimum absolute atomic E-state index is 0.250. The van der Waals surface area contributed by atoms with Crippen LogP contribution in [0.5, 0.6) is 0 Å². The lowest BCUT2D eigenvalue weighted by Crippen LogP contribution is -2.12. The van der Waals surface area contributed by atoms with Gasteiger partial charge in [-0.05, 0) is 97.2 Å². The second-order valence-corrected chi connectivity index (χ2v) is 14.9. The minimum Gasteiger partial charge on any atom is -0.462 e. The van der Waals surface area contributed by atoms with E-state index < -0.39 is 0 Å². The number of ether oxygens (including phenoxy) is 2. The molecule has 0 amide bonds. The molecule has 0 radical (unpaired) electrons. The zero-order chi connectivity index (χ0) is 37.3. The molecule has 0 heterocycles. The highest BCUT2D eigenvalue weighted by molar-refractivity contribution is 6.30. The molecule has 0 atom stereocenters. The van der Waals surface area contributed by atoms with Gasteiger partial charge >= 0.3 is 11.9 Å². The van der Waals surface area contributed by atoms with Gasteiger partial charge in [0.25, 0.3) is 0 Å². The Kier molecular flexibility index (Phi) is 16.1. The third-order valence-corrected chi connectivity index (χ3v) is 10.6. The third kappa shape index (κ3) is 13.0. The summed E-state index contributed by atoms with van der Waals surface area (Å²) in [6.07, 6.45) is 15.5. The van der Waals surface area contributed by atoms with Crippen LogP contribution in [-0.2, 0) is 35.4 Å². The van der Waals surface area contributed by atoms with E-state index in [2.05, 4.69) is 53.1 Å². The predicted molar refractivity (Wildman–Crippen MR) is 218 cm³/mol. The van der Waals surface area contributed by atoms with Gasteiger partial charge in [0.05, 0.1) is 24.3 Å². The summed E-state index contributed by atoms with van der Waals surface area (Å²) in [4.78, 5) is 24.3.